The molecule has 4 rings (SSSR count). The lowest BCUT2D eigenvalue weighted by molar-refractivity contribution is 0.111. The molecular formula is C16H12N4O. The fraction of sp³-hybridized carbons (Fsp3) is 0. The Morgan fingerprint density at radius 1 is 0.810 bits per heavy atom. The number of fused-ring (bicyclic) bond motifs is 3. The van der Waals surface area contributed by atoms with Crippen LogP contribution in [0, 0.1) is 0 Å². The second-order valence-electron chi connectivity index (χ2n) is 4.35. The highest BCUT2D eigenvalue weighted by atomic mass is 16.1. The number of rotatable bonds is 1. The number of hydrogen-bond acceptors (Lipinski definition) is 4. The van der Waals surface area contributed by atoms with Gasteiger partial charge in [0, 0.05) is 29.4 Å². The fourth-order valence-electron chi connectivity index (χ4n) is 2.01. The quantitative estimate of drug-likeness (QED) is 0.428. The molecule has 0 bridgehead atoms. The Hall–Kier alpha value is -3.08. The van der Waals surface area contributed by atoms with E-state index in [1.807, 2.05) is 12.1 Å². The average Bonchev–Trinajstić information content (AvgIpc) is 3.09. The van der Waals surface area contributed by atoms with Gasteiger partial charge in [0.1, 0.15) is 0 Å². The summed E-state index contributed by atoms with van der Waals surface area (Å²) in [5.74, 6) is 0. The van der Waals surface area contributed by atoms with Gasteiger partial charge in [-0.2, -0.15) is 5.10 Å². The second kappa shape index (κ2) is 5.92. The van der Waals surface area contributed by atoms with Crippen LogP contribution in [0.4, 0.5) is 0 Å². The molecule has 0 saturated carbocycles. The molecule has 0 aliphatic carbocycles. The van der Waals surface area contributed by atoms with E-state index >= 15 is 0 Å². The molecule has 1 aromatic carbocycles. The fourth-order valence-corrected chi connectivity index (χ4v) is 2.01. The molecule has 5 heteroatoms. The van der Waals surface area contributed by atoms with Gasteiger partial charge < -0.3 is 0 Å². The summed E-state index contributed by atoms with van der Waals surface area (Å²) in [6.45, 7) is 0. The Balaban J connectivity index is 0.000000160. The molecule has 0 amide bonds. The van der Waals surface area contributed by atoms with Crippen LogP contribution in [-0.4, -0.2) is 26.5 Å². The molecule has 0 atom stereocenters. The van der Waals surface area contributed by atoms with Crippen molar-refractivity contribution in [2.45, 2.75) is 0 Å². The number of aldehydes is 1. The third kappa shape index (κ3) is 2.76. The highest BCUT2D eigenvalue weighted by Crippen LogP contribution is 2.20. The Morgan fingerprint density at radius 3 is 1.86 bits per heavy atom. The van der Waals surface area contributed by atoms with Crippen LogP contribution >= 0.6 is 0 Å². The Kier molecular flexibility index (Phi) is 3.64. The van der Waals surface area contributed by atoms with E-state index in [1.54, 1.807) is 18.5 Å². The van der Waals surface area contributed by atoms with Gasteiger partial charge in [-0.05, 0) is 18.2 Å². The van der Waals surface area contributed by atoms with Crippen LogP contribution in [0.5, 0.6) is 0 Å². The summed E-state index contributed by atoms with van der Waals surface area (Å²) >= 11 is 0. The number of nitrogens with zero attached hydrogens (tertiary/aromatic N) is 3. The van der Waals surface area contributed by atoms with E-state index in [4.69, 9.17) is 0 Å². The van der Waals surface area contributed by atoms with Gasteiger partial charge in [-0.25, -0.2) is 0 Å². The van der Waals surface area contributed by atoms with E-state index in [1.165, 1.54) is 6.20 Å². The predicted octanol–water partition coefficient (Wildman–Crippen LogP) is 3.01. The van der Waals surface area contributed by atoms with Crippen molar-refractivity contribution >= 4 is 28.1 Å². The summed E-state index contributed by atoms with van der Waals surface area (Å²) in [7, 11) is 0. The minimum atomic E-state index is 0.514. The lowest BCUT2D eigenvalue weighted by Gasteiger charge is -2.00. The second-order valence-corrected chi connectivity index (χ2v) is 4.35. The maximum Gasteiger partial charge on any atom is 0.167 e. The third-order valence-electron chi connectivity index (χ3n) is 2.99. The molecule has 0 fully saturated rings. The molecule has 0 radical (unpaired) electrons. The first-order chi connectivity index (χ1) is 10.4. The van der Waals surface area contributed by atoms with E-state index in [0.717, 1.165) is 21.8 Å². The lowest BCUT2D eigenvalue weighted by atomic mass is 10.1. The summed E-state index contributed by atoms with van der Waals surface area (Å²) in [6, 6.07) is 13.7. The number of pyridine rings is 2. The van der Waals surface area contributed by atoms with Crippen molar-refractivity contribution in [1.29, 1.82) is 0 Å². The molecule has 0 unspecified atom stereocenters. The molecule has 0 aliphatic rings. The van der Waals surface area contributed by atoms with E-state index < -0.39 is 0 Å². The smallest absolute Gasteiger partial charge is 0.167 e. The van der Waals surface area contributed by atoms with Crippen LogP contribution in [0.3, 0.4) is 0 Å². The van der Waals surface area contributed by atoms with Gasteiger partial charge in [0.25, 0.3) is 0 Å². The number of H-pyrrole nitrogens is 1. The van der Waals surface area contributed by atoms with E-state index in [2.05, 4.69) is 44.4 Å². The summed E-state index contributed by atoms with van der Waals surface area (Å²) < 4.78 is 0. The molecular weight excluding hydrogens is 264 g/mol. The number of carbonyl (C=O) groups excluding carboxylic acids is 1. The van der Waals surface area contributed by atoms with Crippen molar-refractivity contribution in [2.24, 2.45) is 0 Å². The SMILES string of the molecule is O=Cc1ccn[nH]1.c1cnc2c(c1)ccc1cccnc12. The molecule has 0 spiro atoms. The van der Waals surface area contributed by atoms with Gasteiger partial charge in [-0.1, -0.05) is 24.3 Å². The zero-order chi connectivity index (χ0) is 14.5. The first kappa shape index (κ1) is 12.9. The largest absolute Gasteiger partial charge is 0.296 e. The third-order valence-corrected chi connectivity index (χ3v) is 2.99. The van der Waals surface area contributed by atoms with Crippen molar-refractivity contribution in [2.75, 3.05) is 0 Å². The summed E-state index contributed by atoms with van der Waals surface area (Å²) in [6.07, 6.45) is 5.85. The zero-order valence-electron chi connectivity index (χ0n) is 11.1. The van der Waals surface area contributed by atoms with Crippen molar-refractivity contribution in [3.8, 4) is 0 Å². The predicted molar refractivity (Wildman–Crippen MR) is 81.0 cm³/mol. The molecule has 0 aliphatic heterocycles. The topological polar surface area (TPSA) is 71.5 Å². The Morgan fingerprint density at radius 2 is 1.43 bits per heavy atom. The Bertz CT molecular complexity index is 817. The maximum absolute atomic E-state index is 9.80. The highest BCUT2D eigenvalue weighted by Gasteiger charge is 2.00. The van der Waals surface area contributed by atoms with Crippen molar-refractivity contribution in [1.82, 2.24) is 20.2 Å². The van der Waals surface area contributed by atoms with Crippen LogP contribution in [0.1, 0.15) is 10.5 Å². The van der Waals surface area contributed by atoms with Crippen LogP contribution in [0.15, 0.2) is 61.1 Å². The summed E-state index contributed by atoms with van der Waals surface area (Å²) in [4.78, 5) is 18.5. The number of carbonyl (C=O) groups is 1. The van der Waals surface area contributed by atoms with Crippen LogP contribution in [-0.2, 0) is 0 Å². The Labute approximate surface area is 120 Å². The van der Waals surface area contributed by atoms with Gasteiger partial charge in [0.2, 0.25) is 0 Å². The molecule has 4 aromatic rings. The van der Waals surface area contributed by atoms with Gasteiger partial charge in [0.15, 0.2) is 6.29 Å². The summed E-state index contributed by atoms with van der Waals surface area (Å²) in [5.41, 5.74) is 2.47. The maximum atomic E-state index is 9.80. The molecule has 3 aromatic heterocycles. The summed E-state index contributed by atoms with van der Waals surface area (Å²) in [5, 5.41) is 8.28. The first-order valence-corrected chi connectivity index (χ1v) is 6.41. The van der Waals surface area contributed by atoms with Gasteiger partial charge >= 0.3 is 0 Å². The molecule has 102 valence electrons. The average molecular weight is 276 g/mol. The van der Waals surface area contributed by atoms with Gasteiger partial charge in [0.05, 0.1) is 16.7 Å². The minimum Gasteiger partial charge on any atom is -0.296 e. The van der Waals surface area contributed by atoms with E-state index in [-0.39, 0.29) is 0 Å². The molecule has 5 nitrogen and oxygen atoms in total. The van der Waals surface area contributed by atoms with Crippen LogP contribution in [0.2, 0.25) is 0 Å². The van der Waals surface area contributed by atoms with E-state index in [0.29, 0.717) is 12.0 Å². The van der Waals surface area contributed by atoms with Crippen molar-refractivity contribution < 1.29 is 4.79 Å². The van der Waals surface area contributed by atoms with Gasteiger partial charge in [-0.3, -0.25) is 19.9 Å². The molecule has 1 N–H and O–H groups in total. The van der Waals surface area contributed by atoms with Gasteiger partial charge in [-0.15, -0.1) is 0 Å². The van der Waals surface area contributed by atoms with Crippen LogP contribution in [0.25, 0.3) is 21.8 Å². The normalized spacial score (nSPS) is 10.1. The molecule has 3 heterocycles. The lowest BCUT2D eigenvalue weighted by Crippen LogP contribution is -1.83. The van der Waals surface area contributed by atoms with Crippen molar-refractivity contribution in [3.63, 3.8) is 0 Å². The van der Waals surface area contributed by atoms with Crippen molar-refractivity contribution in [3.05, 3.63) is 66.7 Å². The number of aromatic nitrogens is 4. The molecule has 21 heavy (non-hydrogen) atoms. The number of nitrogens with one attached hydrogen (secondary N) is 1. The highest BCUT2D eigenvalue weighted by molar-refractivity contribution is 6.02. The minimum absolute atomic E-state index is 0.514. The zero-order valence-corrected chi connectivity index (χ0v) is 11.1. The number of benzene rings is 1. The first-order valence-electron chi connectivity index (χ1n) is 6.41. The standard InChI is InChI=1S/C12H8N2.C4H4N2O/c1-3-9-5-6-10-4-2-8-14-12(10)11(9)13-7-1;7-3-4-1-2-5-6-4/h1-8H;1-3H,(H,5,6). The van der Waals surface area contributed by atoms with Crippen LogP contribution < -0.4 is 0 Å². The number of aromatic amines is 1. The van der Waals surface area contributed by atoms with E-state index in [9.17, 15) is 4.79 Å². The monoisotopic (exact) mass is 276 g/mol. The number of hydrogen-bond donors (Lipinski definition) is 1. The molecule has 0 saturated heterocycles.